The molecule has 0 bridgehead atoms. The maximum absolute atomic E-state index is 13.8. The minimum Gasteiger partial charge on any atom is -0.329 e. The summed E-state index contributed by atoms with van der Waals surface area (Å²) in [5.74, 6) is -4.27. The zero-order chi connectivity index (χ0) is 21.9. The highest BCUT2D eigenvalue weighted by Crippen LogP contribution is 2.36. The molecule has 1 aromatic carbocycles. The molecule has 31 heavy (non-hydrogen) atoms. The summed E-state index contributed by atoms with van der Waals surface area (Å²) in [7, 11) is 1.65. The van der Waals surface area contributed by atoms with Crippen LogP contribution in [0.25, 0.3) is 16.9 Å². The lowest BCUT2D eigenvalue weighted by molar-refractivity contribution is 0.0665. The van der Waals surface area contributed by atoms with Crippen molar-refractivity contribution in [1.82, 2.24) is 29.3 Å². The summed E-state index contributed by atoms with van der Waals surface area (Å²) < 4.78 is 44.0. The highest BCUT2D eigenvalue weighted by Gasteiger charge is 2.34. The Hall–Kier alpha value is -3.69. The van der Waals surface area contributed by atoms with E-state index in [0.717, 1.165) is 17.7 Å². The van der Waals surface area contributed by atoms with Crippen LogP contribution in [0.5, 0.6) is 0 Å². The van der Waals surface area contributed by atoms with Gasteiger partial charge in [-0.2, -0.15) is 10.2 Å². The van der Waals surface area contributed by atoms with Gasteiger partial charge in [0.15, 0.2) is 28.8 Å². The van der Waals surface area contributed by atoms with E-state index in [9.17, 15) is 18.0 Å². The van der Waals surface area contributed by atoms with E-state index in [2.05, 4.69) is 15.2 Å². The van der Waals surface area contributed by atoms with E-state index in [1.807, 2.05) is 6.92 Å². The number of aromatic nitrogens is 5. The topological polar surface area (TPSA) is 68.3 Å². The summed E-state index contributed by atoms with van der Waals surface area (Å²) in [5.41, 5.74) is 3.01. The van der Waals surface area contributed by atoms with E-state index >= 15 is 0 Å². The van der Waals surface area contributed by atoms with Crippen molar-refractivity contribution in [2.75, 3.05) is 6.54 Å². The Balaban J connectivity index is 1.53. The molecular weight excluding hydrogens is 409 g/mol. The van der Waals surface area contributed by atoms with E-state index in [-0.39, 0.29) is 17.5 Å². The molecule has 1 atom stereocenters. The van der Waals surface area contributed by atoms with Gasteiger partial charge < -0.3 is 4.90 Å². The van der Waals surface area contributed by atoms with E-state index in [1.54, 1.807) is 30.3 Å². The maximum atomic E-state index is 13.8. The second kappa shape index (κ2) is 6.93. The van der Waals surface area contributed by atoms with Crippen molar-refractivity contribution >= 4 is 11.6 Å². The van der Waals surface area contributed by atoms with Gasteiger partial charge in [0, 0.05) is 30.9 Å². The third-order valence-corrected chi connectivity index (χ3v) is 5.66. The summed E-state index contributed by atoms with van der Waals surface area (Å²) in [6.45, 7) is 2.22. The van der Waals surface area contributed by atoms with Gasteiger partial charge in [-0.3, -0.25) is 9.48 Å². The molecule has 0 unspecified atom stereocenters. The van der Waals surface area contributed by atoms with E-state index in [4.69, 9.17) is 0 Å². The fourth-order valence-electron chi connectivity index (χ4n) is 4.20. The third kappa shape index (κ3) is 2.89. The molecule has 4 aromatic rings. The highest BCUT2D eigenvalue weighted by molar-refractivity contribution is 5.93. The molecule has 0 spiro atoms. The molecule has 0 saturated heterocycles. The average Bonchev–Trinajstić information content (AvgIpc) is 3.32. The monoisotopic (exact) mass is 426 g/mol. The smallest absolute Gasteiger partial charge is 0.274 e. The van der Waals surface area contributed by atoms with E-state index in [0.29, 0.717) is 35.7 Å². The number of hydrogen-bond donors (Lipinski definition) is 0. The Labute approximate surface area is 174 Å². The summed E-state index contributed by atoms with van der Waals surface area (Å²) in [6, 6.07) is 5.03. The Morgan fingerprint density at radius 3 is 2.68 bits per heavy atom. The molecule has 10 heteroatoms. The molecule has 0 aliphatic carbocycles. The molecular formula is C21H17F3N6O. The average molecular weight is 426 g/mol. The van der Waals surface area contributed by atoms with Gasteiger partial charge in [-0.15, -0.1) is 0 Å². The number of benzene rings is 1. The summed E-state index contributed by atoms with van der Waals surface area (Å²) in [4.78, 5) is 19.1. The number of hydrogen-bond acceptors (Lipinski definition) is 4. The molecule has 3 aromatic heterocycles. The first kappa shape index (κ1) is 19.3. The van der Waals surface area contributed by atoms with Crippen molar-refractivity contribution in [2.45, 2.75) is 19.4 Å². The van der Waals surface area contributed by atoms with Gasteiger partial charge in [-0.1, -0.05) is 0 Å². The second-order valence-electron chi connectivity index (χ2n) is 7.45. The quantitative estimate of drug-likeness (QED) is 0.462. The number of carbonyl (C=O) groups is 1. The Kier molecular flexibility index (Phi) is 4.31. The van der Waals surface area contributed by atoms with Crippen LogP contribution < -0.4 is 0 Å². The SMILES string of the molecule is C[C@H]1c2nn(C)c(-c3cc(F)c(F)c(F)c3)c2CCN1C(=O)c1cnc2cccnn12. The molecule has 1 amide bonds. The van der Waals surface area contributed by atoms with Crippen LogP contribution >= 0.6 is 0 Å². The first-order chi connectivity index (χ1) is 14.9. The van der Waals surface area contributed by atoms with Crippen molar-refractivity contribution in [2.24, 2.45) is 7.05 Å². The summed E-state index contributed by atoms with van der Waals surface area (Å²) >= 11 is 0. The van der Waals surface area contributed by atoms with Crippen LogP contribution in [0.3, 0.4) is 0 Å². The molecule has 4 heterocycles. The molecule has 0 radical (unpaired) electrons. The molecule has 158 valence electrons. The number of fused-ring (bicyclic) bond motifs is 2. The van der Waals surface area contributed by atoms with Crippen molar-refractivity contribution in [3.63, 3.8) is 0 Å². The highest BCUT2D eigenvalue weighted by atomic mass is 19.2. The molecule has 0 saturated carbocycles. The first-order valence-electron chi connectivity index (χ1n) is 9.67. The Morgan fingerprint density at radius 2 is 1.94 bits per heavy atom. The predicted molar refractivity (Wildman–Crippen MR) is 105 cm³/mol. The van der Waals surface area contributed by atoms with Crippen LogP contribution in [-0.4, -0.2) is 41.7 Å². The molecule has 5 rings (SSSR count). The van der Waals surface area contributed by atoms with Gasteiger partial charge in [-0.05, 0) is 37.6 Å². The van der Waals surface area contributed by atoms with Crippen LogP contribution in [0.4, 0.5) is 13.2 Å². The minimum absolute atomic E-state index is 0.200. The number of nitrogens with zero attached hydrogens (tertiary/aromatic N) is 6. The number of amides is 1. The largest absolute Gasteiger partial charge is 0.329 e. The van der Waals surface area contributed by atoms with E-state index in [1.165, 1.54) is 15.4 Å². The van der Waals surface area contributed by atoms with Crippen LogP contribution in [0.1, 0.15) is 34.7 Å². The normalized spacial score (nSPS) is 16.0. The van der Waals surface area contributed by atoms with Crippen LogP contribution in [0.15, 0.2) is 36.7 Å². The number of aryl methyl sites for hydroxylation is 1. The van der Waals surface area contributed by atoms with Gasteiger partial charge in [-0.25, -0.2) is 22.7 Å². The van der Waals surface area contributed by atoms with Crippen LogP contribution in [0.2, 0.25) is 0 Å². The standard InChI is InChI=1S/C21H17F3N6O/c1-11-19-13(20(28(2)27-19)12-8-14(22)18(24)15(23)9-12)5-7-29(11)21(31)16-10-25-17-4-3-6-26-30(16)17/h3-4,6,8-11H,5,7H2,1-2H3/t11-/m0/s1. The first-order valence-corrected chi connectivity index (χ1v) is 9.67. The third-order valence-electron chi connectivity index (χ3n) is 5.66. The Morgan fingerprint density at radius 1 is 1.19 bits per heavy atom. The van der Waals surface area contributed by atoms with Crippen molar-refractivity contribution in [3.05, 3.63) is 71.1 Å². The molecule has 0 fully saturated rings. The lowest BCUT2D eigenvalue weighted by atomic mass is 9.95. The summed E-state index contributed by atoms with van der Waals surface area (Å²) in [5, 5.41) is 8.71. The van der Waals surface area contributed by atoms with Crippen molar-refractivity contribution < 1.29 is 18.0 Å². The van der Waals surface area contributed by atoms with Gasteiger partial charge in [0.2, 0.25) is 0 Å². The van der Waals surface area contributed by atoms with E-state index < -0.39 is 17.5 Å². The van der Waals surface area contributed by atoms with Gasteiger partial charge in [0.05, 0.1) is 23.6 Å². The predicted octanol–water partition coefficient (Wildman–Crippen LogP) is 3.31. The van der Waals surface area contributed by atoms with Gasteiger partial charge in [0.1, 0.15) is 0 Å². The lowest BCUT2D eigenvalue weighted by Gasteiger charge is -2.32. The van der Waals surface area contributed by atoms with Crippen molar-refractivity contribution in [1.29, 1.82) is 0 Å². The molecule has 7 nitrogen and oxygen atoms in total. The van der Waals surface area contributed by atoms with Gasteiger partial charge in [0.25, 0.3) is 5.91 Å². The van der Waals surface area contributed by atoms with Gasteiger partial charge >= 0.3 is 0 Å². The van der Waals surface area contributed by atoms with Crippen LogP contribution in [-0.2, 0) is 13.5 Å². The number of imidazole rings is 1. The molecule has 1 aliphatic heterocycles. The second-order valence-corrected chi connectivity index (χ2v) is 7.45. The maximum Gasteiger partial charge on any atom is 0.274 e. The fraction of sp³-hybridized carbons (Fsp3) is 0.238. The zero-order valence-electron chi connectivity index (χ0n) is 16.7. The molecule has 1 aliphatic rings. The zero-order valence-corrected chi connectivity index (χ0v) is 16.7. The van der Waals surface area contributed by atoms with Crippen molar-refractivity contribution in [3.8, 4) is 11.3 Å². The summed E-state index contributed by atoms with van der Waals surface area (Å²) in [6.07, 6.45) is 3.50. The number of halogens is 3. The minimum atomic E-state index is -1.51. The fourth-order valence-corrected chi connectivity index (χ4v) is 4.20. The lowest BCUT2D eigenvalue weighted by Crippen LogP contribution is -2.39. The number of rotatable bonds is 2. The number of carbonyl (C=O) groups excluding carboxylic acids is 1. The Bertz CT molecular complexity index is 1320. The van der Waals surface area contributed by atoms with Crippen LogP contribution in [0, 0.1) is 17.5 Å². The molecule has 0 N–H and O–H groups in total.